The molecule has 0 amide bonds. The van der Waals surface area contributed by atoms with Crippen LogP contribution in [0.1, 0.15) is 48.5 Å². The van der Waals surface area contributed by atoms with Crippen LogP contribution in [0.3, 0.4) is 0 Å². The van der Waals surface area contributed by atoms with E-state index in [1.165, 1.54) is 6.07 Å². The predicted molar refractivity (Wildman–Crippen MR) is 104 cm³/mol. The molecule has 6 heteroatoms. The number of ether oxygens (including phenoxy) is 1. The van der Waals surface area contributed by atoms with Crippen LogP contribution in [0.5, 0.6) is 5.75 Å². The number of phenolic OH excluding ortho intramolecular Hbond substituents is 1. The molecule has 0 atom stereocenters. The van der Waals surface area contributed by atoms with Crippen molar-refractivity contribution in [2.75, 3.05) is 32.8 Å². The van der Waals surface area contributed by atoms with Crippen LogP contribution in [0.15, 0.2) is 27.4 Å². The van der Waals surface area contributed by atoms with Gasteiger partial charge in [0.1, 0.15) is 16.9 Å². The number of benzene rings is 1. The molecule has 1 aliphatic rings. The smallest absolute Gasteiger partial charge is 0.347 e. The minimum Gasteiger partial charge on any atom is -0.508 e. The fourth-order valence-electron chi connectivity index (χ4n) is 3.46. The lowest BCUT2D eigenvalue weighted by molar-refractivity contribution is 0.0370. The number of aromatic hydroxyl groups is 1. The number of hydrogen-bond acceptors (Lipinski definition) is 6. The van der Waals surface area contributed by atoms with Gasteiger partial charge in [0, 0.05) is 37.5 Å². The highest BCUT2D eigenvalue weighted by atomic mass is 16.5. The summed E-state index contributed by atoms with van der Waals surface area (Å²) in [6.45, 7) is 5.71. The summed E-state index contributed by atoms with van der Waals surface area (Å²) in [4.78, 5) is 27.1. The number of carbonyl (C=O) groups excluding carboxylic acids is 1. The predicted octanol–water partition coefficient (Wildman–Crippen LogP) is 3.14. The van der Waals surface area contributed by atoms with Gasteiger partial charge in [0.05, 0.1) is 13.2 Å². The standard InChI is InChI=1S/C21H27NO5/c1-2-3-4-5-15-12-16(23)13-20-17(15)14-18(21(25)27-20)19(24)6-7-22-8-10-26-11-9-22/h12-14,23H,2-11H2,1H3. The number of ketones is 1. The Labute approximate surface area is 158 Å². The van der Waals surface area contributed by atoms with Crippen molar-refractivity contribution >= 4 is 16.8 Å². The largest absolute Gasteiger partial charge is 0.508 e. The number of unbranched alkanes of at least 4 members (excludes halogenated alkanes) is 2. The van der Waals surface area contributed by atoms with Gasteiger partial charge >= 0.3 is 5.63 Å². The Morgan fingerprint density at radius 1 is 1.19 bits per heavy atom. The zero-order valence-corrected chi connectivity index (χ0v) is 15.8. The molecule has 6 nitrogen and oxygen atoms in total. The molecule has 1 aromatic carbocycles. The molecule has 2 aromatic rings. The molecule has 27 heavy (non-hydrogen) atoms. The second-order valence-corrected chi connectivity index (χ2v) is 7.05. The lowest BCUT2D eigenvalue weighted by atomic mass is 10.00. The molecule has 3 rings (SSSR count). The summed E-state index contributed by atoms with van der Waals surface area (Å²) in [5.74, 6) is -0.131. The number of phenols is 1. The first-order chi connectivity index (χ1) is 13.1. The van der Waals surface area contributed by atoms with E-state index in [0.29, 0.717) is 25.3 Å². The van der Waals surface area contributed by atoms with Gasteiger partial charge in [-0.2, -0.15) is 0 Å². The highest BCUT2D eigenvalue weighted by Crippen LogP contribution is 2.26. The summed E-state index contributed by atoms with van der Waals surface area (Å²) in [5, 5.41) is 10.7. The quantitative estimate of drug-likeness (QED) is 0.435. The number of rotatable bonds is 8. The first-order valence-corrected chi connectivity index (χ1v) is 9.71. The number of carbonyl (C=O) groups is 1. The Morgan fingerprint density at radius 2 is 1.96 bits per heavy atom. The third kappa shape index (κ3) is 4.96. The van der Waals surface area contributed by atoms with Gasteiger partial charge < -0.3 is 14.3 Å². The van der Waals surface area contributed by atoms with E-state index in [1.807, 2.05) is 0 Å². The van der Waals surface area contributed by atoms with Crippen LogP contribution >= 0.6 is 0 Å². The molecule has 1 aromatic heterocycles. The van der Waals surface area contributed by atoms with E-state index >= 15 is 0 Å². The molecular formula is C21H27NO5. The Balaban J connectivity index is 1.82. The van der Waals surface area contributed by atoms with Crippen LogP contribution in [0.2, 0.25) is 0 Å². The maximum Gasteiger partial charge on any atom is 0.347 e. The van der Waals surface area contributed by atoms with E-state index < -0.39 is 5.63 Å². The van der Waals surface area contributed by atoms with Crippen LogP contribution in [-0.4, -0.2) is 48.6 Å². The first kappa shape index (κ1) is 19.6. The fraction of sp³-hybridized carbons (Fsp3) is 0.524. The zero-order valence-electron chi connectivity index (χ0n) is 15.8. The van der Waals surface area contributed by atoms with Crippen molar-refractivity contribution in [3.8, 4) is 5.75 Å². The third-order valence-corrected chi connectivity index (χ3v) is 5.03. The summed E-state index contributed by atoms with van der Waals surface area (Å²) in [6, 6.07) is 4.77. The third-order valence-electron chi connectivity index (χ3n) is 5.03. The fourth-order valence-corrected chi connectivity index (χ4v) is 3.46. The van der Waals surface area contributed by atoms with Crippen molar-refractivity contribution in [2.45, 2.75) is 39.0 Å². The van der Waals surface area contributed by atoms with Gasteiger partial charge in [0.15, 0.2) is 5.78 Å². The van der Waals surface area contributed by atoms with E-state index in [2.05, 4.69) is 11.8 Å². The topological polar surface area (TPSA) is 80.0 Å². The van der Waals surface area contributed by atoms with Gasteiger partial charge in [-0.1, -0.05) is 19.8 Å². The number of Topliss-reactive ketones (excluding diaryl/α,β-unsaturated/α-hetero) is 1. The van der Waals surface area contributed by atoms with Gasteiger partial charge in [-0.3, -0.25) is 9.69 Å². The average Bonchev–Trinajstić information content (AvgIpc) is 2.66. The van der Waals surface area contributed by atoms with Crippen molar-refractivity contribution < 1.29 is 19.1 Å². The molecule has 0 unspecified atom stereocenters. The minimum absolute atomic E-state index is 0.0727. The maximum atomic E-state index is 12.6. The average molecular weight is 373 g/mol. The number of nitrogens with zero attached hydrogens (tertiary/aromatic N) is 1. The van der Waals surface area contributed by atoms with E-state index in [4.69, 9.17) is 9.15 Å². The molecule has 146 valence electrons. The first-order valence-electron chi connectivity index (χ1n) is 9.71. The van der Waals surface area contributed by atoms with Gasteiger partial charge in [-0.25, -0.2) is 4.79 Å². The van der Waals surface area contributed by atoms with Gasteiger partial charge in [0.2, 0.25) is 0 Å². The summed E-state index contributed by atoms with van der Waals surface area (Å²) in [7, 11) is 0. The Hall–Kier alpha value is -2.18. The van der Waals surface area contributed by atoms with E-state index in [-0.39, 0.29) is 23.5 Å². The van der Waals surface area contributed by atoms with Gasteiger partial charge in [-0.15, -0.1) is 0 Å². The van der Waals surface area contributed by atoms with Crippen LogP contribution in [0.4, 0.5) is 0 Å². The van der Waals surface area contributed by atoms with Crippen LogP contribution < -0.4 is 5.63 Å². The summed E-state index contributed by atoms with van der Waals surface area (Å²) in [6.07, 6.45) is 4.21. The lowest BCUT2D eigenvalue weighted by Gasteiger charge is -2.26. The number of fused-ring (bicyclic) bond motifs is 1. The number of hydrogen-bond donors (Lipinski definition) is 1. The zero-order chi connectivity index (χ0) is 19.2. The Bertz CT molecular complexity index is 852. The van der Waals surface area contributed by atoms with Crippen molar-refractivity contribution in [2.24, 2.45) is 0 Å². The minimum atomic E-state index is -0.639. The molecule has 1 saturated heterocycles. The summed E-state index contributed by atoms with van der Waals surface area (Å²) >= 11 is 0. The second-order valence-electron chi connectivity index (χ2n) is 7.05. The lowest BCUT2D eigenvalue weighted by Crippen LogP contribution is -2.37. The molecule has 0 radical (unpaired) electrons. The van der Waals surface area contributed by atoms with Crippen molar-refractivity contribution in [3.63, 3.8) is 0 Å². The van der Waals surface area contributed by atoms with Gasteiger partial charge in [0.25, 0.3) is 0 Å². The van der Waals surface area contributed by atoms with Crippen LogP contribution in [0, 0.1) is 0 Å². The van der Waals surface area contributed by atoms with Crippen LogP contribution in [0.25, 0.3) is 11.0 Å². The SMILES string of the molecule is CCCCCc1cc(O)cc2oc(=O)c(C(=O)CCN3CCOCC3)cc12. The van der Waals surface area contributed by atoms with Crippen molar-refractivity contribution in [3.05, 3.63) is 39.7 Å². The highest BCUT2D eigenvalue weighted by Gasteiger charge is 2.18. The highest BCUT2D eigenvalue weighted by molar-refractivity contribution is 5.99. The molecule has 0 spiro atoms. The van der Waals surface area contributed by atoms with Crippen LogP contribution in [-0.2, 0) is 11.2 Å². The normalized spacial score (nSPS) is 15.3. The Morgan fingerprint density at radius 3 is 2.70 bits per heavy atom. The van der Waals surface area contributed by atoms with Crippen molar-refractivity contribution in [1.82, 2.24) is 4.90 Å². The molecule has 0 aliphatic carbocycles. The Kier molecular flexibility index (Phi) is 6.63. The molecule has 1 aliphatic heterocycles. The molecule has 2 heterocycles. The van der Waals surface area contributed by atoms with E-state index in [1.54, 1.807) is 12.1 Å². The molecule has 1 fully saturated rings. The van der Waals surface area contributed by atoms with Crippen molar-refractivity contribution in [1.29, 1.82) is 0 Å². The summed E-state index contributed by atoms with van der Waals surface area (Å²) < 4.78 is 10.7. The second kappa shape index (κ2) is 9.15. The molecule has 0 bridgehead atoms. The van der Waals surface area contributed by atoms with E-state index in [0.717, 1.165) is 49.7 Å². The number of morpholine rings is 1. The molecule has 0 saturated carbocycles. The summed E-state index contributed by atoms with van der Waals surface area (Å²) in [5.41, 5.74) is 0.693. The number of aryl methyl sites for hydroxylation is 1. The maximum absolute atomic E-state index is 12.6. The van der Waals surface area contributed by atoms with Gasteiger partial charge in [-0.05, 0) is 30.5 Å². The molecule has 1 N–H and O–H groups in total. The monoisotopic (exact) mass is 373 g/mol. The molecular weight excluding hydrogens is 346 g/mol. The van der Waals surface area contributed by atoms with E-state index in [9.17, 15) is 14.7 Å².